The van der Waals surface area contributed by atoms with E-state index in [1.165, 1.54) is 11.3 Å². The molecule has 0 saturated carbocycles. The van der Waals surface area contributed by atoms with Crippen LogP contribution >= 0.6 is 22.9 Å². The zero-order valence-corrected chi connectivity index (χ0v) is 13.3. The Hall–Kier alpha value is -1.66. The fourth-order valence-electron chi connectivity index (χ4n) is 1.68. The maximum absolute atomic E-state index is 11.9. The number of halogens is 1. The van der Waals surface area contributed by atoms with E-state index < -0.39 is 0 Å². The molecule has 0 aliphatic carbocycles. The average Bonchev–Trinajstić information content (AvgIpc) is 2.91. The van der Waals surface area contributed by atoms with Crippen LogP contribution in [-0.2, 0) is 6.42 Å². The van der Waals surface area contributed by atoms with Crippen molar-refractivity contribution in [3.05, 3.63) is 39.2 Å². The number of rotatable bonds is 7. The molecule has 0 radical (unpaired) electrons. The number of nitrogens with zero attached hydrogens (tertiary/aromatic N) is 2. The fraction of sp³-hybridized carbons (Fsp3) is 0.357. The van der Waals surface area contributed by atoms with Crippen molar-refractivity contribution in [2.24, 2.45) is 0 Å². The molecule has 2 aromatic heterocycles. The normalized spacial score (nSPS) is 10.4. The highest BCUT2D eigenvalue weighted by molar-refractivity contribution is 7.16. The average molecular weight is 325 g/mol. The summed E-state index contributed by atoms with van der Waals surface area (Å²) >= 11 is 7.38. The van der Waals surface area contributed by atoms with E-state index in [2.05, 4.69) is 27.8 Å². The van der Waals surface area contributed by atoms with Gasteiger partial charge in [0.15, 0.2) is 5.69 Å². The predicted octanol–water partition coefficient (Wildman–Crippen LogP) is 2.99. The Morgan fingerprint density at radius 1 is 1.24 bits per heavy atom. The summed E-state index contributed by atoms with van der Waals surface area (Å²) in [6.07, 6.45) is 1.77. The summed E-state index contributed by atoms with van der Waals surface area (Å²) in [5, 5.41) is 13.8. The van der Waals surface area contributed by atoms with E-state index >= 15 is 0 Å². The fourth-order valence-corrected chi connectivity index (χ4v) is 2.76. The molecular formula is C14H17ClN4OS. The zero-order valence-electron chi connectivity index (χ0n) is 11.7. The van der Waals surface area contributed by atoms with E-state index in [-0.39, 0.29) is 5.91 Å². The second-order valence-corrected chi connectivity index (χ2v) is 6.24. The van der Waals surface area contributed by atoms with Crippen molar-refractivity contribution in [2.75, 3.05) is 18.4 Å². The van der Waals surface area contributed by atoms with Gasteiger partial charge in [-0.2, -0.15) is 0 Å². The Morgan fingerprint density at radius 3 is 2.71 bits per heavy atom. The Balaban J connectivity index is 1.79. The number of nitrogens with one attached hydrogen (secondary N) is 2. The minimum Gasteiger partial charge on any atom is -0.369 e. The number of hydrogen-bond donors (Lipinski definition) is 2. The third-order valence-electron chi connectivity index (χ3n) is 2.74. The molecule has 2 heterocycles. The van der Waals surface area contributed by atoms with Crippen molar-refractivity contribution in [1.82, 2.24) is 15.5 Å². The number of hydrogen-bond acceptors (Lipinski definition) is 5. The minimum absolute atomic E-state index is 0.216. The highest BCUT2D eigenvalue weighted by atomic mass is 35.5. The Morgan fingerprint density at radius 2 is 2.10 bits per heavy atom. The zero-order chi connectivity index (χ0) is 15.1. The van der Waals surface area contributed by atoms with Crippen LogP contribution in [0.2, 0.25) is 4.34 Å². The van der Waals surface area contributed by atoms with E-state index in [9.17, 15) is 4.79 Å². The van der Waals surface area contributed by atoms with E-state index in [4.69, 9.17) is 11.6 Å². The first-order valence-electron chi connectivity index (χ1n) is 6.79. The van der Waals surface area contributed by atoms with Gasteiger partial charge in [0.2, 0.25) is 0 Å². The smallest absolute Gasteiger partial charge is 0.271 e. The highest BCUT2D eigenvalue weighted by Gasteiger charge is 2.08. The van der Waals surface area contributed by atoms with Crippen LogP contribution in [0, 0.1) is 0 Å². The van der Waals surface area contributed by atoms with Crippen LogP contribution in [0.15, 0.2) is 24.3 Å². The molecule has 0 atom stereocenters. The van der Waals surface area contributed by atoms with Gasteiger partial charge in [0.05, 0.1) is 4.34 Å². The van der Waals surface area contributed by atoms with E-state index in [1.54, 1.807) is 12.1 Å². The number of aromatic nitrogens is 2. The Labute approximate surface area is 132 Å². The van der Waals surface area contributed by atoms with E-state index in [1.807, 2.05) is 12.1 Å². The molecule has 0 saturated heterocycles. The van der Waals surface area contributed by atoms with Crippen LogP contribution in [0.5, 0.6) is 0 Å². The molecule has 0 unspecified atom stereocenters. The highest BCUT2D eigenvalue weighted by Crippen LogP contribution is 2.21. The molecule has 112 valence electrons. The van der Waals surface area contributed by atoms with Crippen molar-refractivity contribution in [3.8, 4) is 0 Å². The van der Waals surface area contributed by atoms with Gasteiger partial charge in [0, 0.05) is 18.0 Å². The topological polar surface area (TPSA) is 66.9 Å². The minimum atomic E-state index is -0.216. The standard InChI is InChI=1S/C14H17ClN4OS/c1-2-8-16-13-6-4-11(18-19-13)14(20)17-9-7-10-3-5-12(15)21-10/h3-6H,2,7-9H2,1H3,(H,16,19)(H,17,20). The maximum Gasteiger partial charge on any atom is 0.271 e. The first kappa shape index (κ1) is 15.7. The molecule has 2 rings (SSSR count). The summed E-state index contributed by atoms with van der Waals surface area (Å²) in [5.74, 6) is 0.467. The first-order valence-corrected chi connectivity index (χ1v) is 7.98. The second kappa shape index (κ2) is 7.95. The largest absolute Gasteiger partial charge is 0.369 e. The summed E-state index contributed by atoms with van der Waals surface area (Å²) in [6, 6.07) is 7.25. The van der Waals surface area contributed by atoms with Crippen molar-refractivity contribution < 1.29 is 4.79 Å². The number of amides is 1. The van der Waals surface area contributed by atoms with Crippen LogP contribution in [-0.4, -0.2) is 29.2 Å². The van der Waals surface area contributed by atoms with Crippen molar-refractivity contribution >= 4 is 34.7 Å². The predicted molar refractivity (Wildman–Crippen MR) is 86.2 cm³/mol. The molecule has 0 fully saturated rings. The maximum atomic E-state index is 11.9. The summed E-state index contributed by atoms with van der Waals surface area (Å²) in [4.78, 5) is 13.1. The summed E-state index contributed by atoms with van der Waals surface area (Å²) in [5.41, 5.74) is 0.321. The lowest BCUT2D eigenvalue weighted by molar-refractivity contribution is 0.0948. The molecule has 2 N–H and O–H groups in total. The van der Waals surface area contributed by atoms with Gasteiger partial charge < -0.3 is 10.6 Å². The Bertz CT molecular complexity index is 585. The molecule has 0 bridgehead atoms. The Kier molecular flexibility index (Phi) is 5.95. The summed E-state index contributed by atoms with van der Waals surface area (Å²) < 4.78 is 0.761. The number of anilines is 1. The molecule has 0 aliphatic heterocycles. The first-order chi connectivity index (χ1) is 10.2. The molecule has 7 heteroatoms. The van der Waals surface area contributed by atoms with Gasteiger partial charge in [-0.25, -0.2) is 0 Å². The van der Waals surface area contributed by atoms with Gasteiger partial charge in [-0.3, -0.25) is 4.79 Å². The summed E-state index contributed by atoms with van der Waals surface area (Å²) in [6.45, 7) is 3.46. The molecule has 0 aliphatic rings. The van der Waals surface area contributed by atoms with Crippen LogP contribution in [0.3, 0.4) is 0 Å². The van der Waals surface area contributed by atoms with Crippen molar-refractivity contribution in [1.29, 1.82) is 0 Å². The molecule has 0 spiro atoms. The van der Waals surface area contributed by atoms with E-state index in [0.717, 1.165) is 28.6 Å². The SMILES string of the molecule is CCCNc1ccc(C(=O)NCCc2ccc(Cl)s2)nn1. The van der Waals surface area contributed by atoms with Gasteiger partial charge in [0.1, 0.15) is 5.82 Å². The second-order valence-electron chi connectivity index (χ2n) is 4.44. The lowest BCUT2D eigenvalue weighted by Gasteiger charge is -2.05. The van der Waals surface area contributed by atoms with Crippen LogP contribution in [0.4, 0.5) is 5.82 Å². The molecular weight excluding hydrogens is 308 g/mol. The third kappa shape index (κ3) is 4.99. The molecule has 5 nitrogen and oxygen atoms in total. The summed E-state index contributed by atoms with van der Waals surface area (Å²) in [7, 11) is 0. The number of carbonyl (C=O) groups is 1. The quantitative estimate of drug-likeness (QED) is 0.821. The van der Waals surface area contributed by atoms with Gasteiger partial charge in [-0.05, 0) is 37.1 Å². The third-order valence-corrected chi connectivity index (χ3v) is 4.03. The lowest BCUT2D eigenvalue weighted by atomic mass is 10.3. The van der Waals surface area contributed by atoms with Crippen molar-refractivity contribution in [3.63, 3.8) is 0 Å². The molecule has 21 heavy (non-hydrogen) atoms. The van der Waals surface area contributed by atoms with E-state index in [0.29, 0.717) is 18.1 Å². The van der Waals surface area contributed by atoms with Gasteiger partial charge in [-0.1, -0.05) is 18.5 Å². The monoisotopic (exact) mass is 324 g/mol. The van der Waals surface area contributed by atoms with Gasteiger partial charge in [0.25, 0.3) is 5.91 Å². The molecule has 0 aromatic carbocycles. The van der Waals surface area contributed by atoms with Crippen LogP contribution in [0.1, 0.15) is 28.7 Å². The van der Waals surface area contributed by atoms with Gasteiger partial charge >= 0.3 is 0 Å². The van der Waals surface area contributed by atoms with Gasteiger partial charge in [-0.15, -0.1) is 21.5 Å². The van der Waals surface area contributed by atoms with Crippen LogP contribution < -0.4 is 10.6 Å². The molecule has 1 amide bonds. The lowest BCUT2D eigenvalue weighted by Crippen LogP contribution is -2.26. The number of thiophene rings is 1. The van der Waals surface area contributed by atoms with Crippen LogP contribution in [0.25, 0.3) is 0 Å². The number of carbonyl (C=O) groups excluding carboxylic acids is 1. The molecule has 2 aromatic rings. The van der Waals surface area contributed by atoms with Crippen molar-refractivity contribution in [2.45, 2.75) is 19.8 Å².